The predicted octanol–water partition coefficient (Wildman–Crippen LogP) is 9.18. The second-order valence-corrected chi connectivity index (χ2v) is 11.9. The average Bonchev–Trinajstić information content (AvgIpc) is 3.53. The summed E-state index contributed by atoms with van der Waals surface area (Å²) in [7, 11) is 0. The summed E-state index contributed by atoms with van der Waals surface area (Å²) >= 11 is 1.35. The Bertz CT molecular complexity index is 1680. The van der Waals surface area contributed by atoms with Crippen molar-refractivity contribution in [3.63, 3.8) is 0 Å². The third-order valence-electron chi connectivity index (χ3n) is 7.31. The van der Waals surface area contributed by atoms with Gasteiger partial charge in [0.05, 0.1) is 15.9 Å². The van der Waals surface area contributed by atoms with Gasteiger partial charge in [0.25, 0.3) is 5.91 Å². The lowest BCUT2D eigenvalue weighted by atomic mass is 10.0. The Morgan fingerprint density at radius 3 is 2.20 bits per heavy atom. The largest absolute Gasteiger partial charge is 0.481 e. The molecule has 44 heavy (non-hydrogen) atoms. The number of aryl methyl sites for hydroxylation is 4. The van der Waals surface area contributed by atoms with Crippen molar-refractivity contribution in [2.75, 3.05) is 0 Å². The average molecular weight is 612 g/mol. The monoisotopic (exact) mass is 611 g/mol. The molecule has 2 heterocycles. The first kappa shape index (κ1) is 34.3. The van der Waals surface area contributed by atoms with E-state index in [0.717, 1.165) is 50.6 Å². The van der Waals surface area contributed by atoms with Crippen LogP contribution in [0.5, 0.6) is 0 Å². The lowest BCUT2D eigenvalue weighted by Crippen LogP contribution is -2.09. The molecule has 1 aliphatic rings. The molecule has 0 saturated heterocycles. The second kappa shape index (κ2) is 16.6. The molecule has 3 N–H and O–H groups in total. The molecule has 0 radical (unpaired) electrons. The molecule has 6 nitrogen and oxygen atoms in total. The van der Waals surface area contributed by atoms with Gasteiger partial charge in [-0.2, -0.15) is 0 Å². The number of nitrogens with two attached hydrogens (primary N) is 1. The first-order valence-electron chi connectivity index (χ1n) is 15.4. The topological polar surface area (TPSA) is 98.2 Å². The van der Waals surface area contributed by atoms with Crippen LogP contribution in [0.3, 0.4) is 0 Å². The van der Waals surface area contributed by atoms with E-state index < -0.39 is 11.9 Å². The highest BCUT2D eigenvalue weighted by Gasteiger charge is 2.14. The van der Waals surface area contributed by atoms with Crippen molar-refractivity contribution in [2.45, 2.75) is 73.6 Å². The number of amides is 1. The van der Waals surface area contributed by atoms with Gasteiger partial charge in [-0.1, -0.05) is 95.1 Å². The normalized spacial score (nSPS) is 11.8. The van der Waals surface area contributed by atoms with Gasteiger partial charge < -0.3 is 10.8 Å². The van der Waals surface area contributed by atoms with E-state index in [1.807, 2.05) is 73.9 Å². The van der Waals surface area contributed by atoms with E-state index >= 15 is 0 Å². The van der Waals surface area contributed by atoms with E-state index in [1.54, 1.807) is 6.33 Å². The SMILES string of the molecule is CC.CC1CC1.CCc1ccccc1C.Cc1cc(-n2cnc3cc(-c4cccc(CCC(=O)O)c4)ccc32)sc1C(N)=O. The summed E-state index contributed by atoms with van der Waals surface area (Å²) in [4.78, 5) is 27.4. The molecule has 1 aliphatic carbocycles. The number of fused-ring (bicyclic) bond motifs is 1. The maximum atomic E-state index is 11.6. The minimum absolute atomic E-state index is 0.112. The molecule has 3 aromatic carbocycles. The number of hydrogen-bond donors (Lipinski definition) is 2. The van der Waals surface area contributed by atoms with Crippen LogP contribution in [0.4, 0.5) is 0 Å². The summed E-state index contributed by atoms with van der Waals surface area (Å²) in [6.07, 6.45) is 6.47. The smallest absolute Gasteiger partial charge is 0.303 e. The molecule has 0 spiro atoms. The highest BCUT2D eigenvalue weighted by Crippen LogP contribution is 2.30. The van der Waals surface area contributed by atoms with Gasteiger partial charge in [0.15, 0.2) is 0 Å². The molecule has 232 valence electrons. The van der Waals surface area contributed by atoms with E-state index in [9.17, 15) is 9.59 Å². The van der Waals surface area contributed by atoms with E-state index in [4.69, 9.17) is 10.8 Å². The van der Waals surface area contributed by atoms with E-state index in [0.29, 0.717) is 11.3 Å². The highest BCUT2D eigenvalue weighted by atomic mass is 32.1. The fraction of sp³-hybridized carbons (Fsp3) is 0.324. The minimum atomic E-state index is -0.800. The molecule has 5 aromatic rings. The van der Waals surface area contributed by atoms with Gasteiger partial charge in [0.2, 0.25) is 0 Å². The molecule has 2 aromatic heterocycles. The number of carbonyl (C=O) groups is 2. The van der Waals surface area contributed by atoms with Gasteiger partial charge in [0.1, 0.15) is 11.3 Å². The molecule has 1 saturated carbocycles. The number of aromatic nitrogens is 2. The molecular weight excluding hydrogens is 566 g/mol. The van der Waals surface area contributed by atoms with Crippen molar-refractivity contribution >= 4 is 34.2 Å². The summed E-state index contributed by atoms with van der Waals surface area (Å²) < 4.78 is 1.95. The number of hydrogen-bond acceptors (Lipinski definition) is 4. The van der Waals surface area contributed by atoms with Crippen LogP contribution in [0.25, 0.3) is 27.2 Å². The van der Waals surface area contributed by atoms with Crippen LogP contribution >= 0.6 is 11.3 Å². The Morgan fingerprint density at radius 2 is 1.64 bits per heavy atom. The van der Waals surface area contributed by atoms with Crippen molar-refractivity contribution in [1.29, 1.82) is 0 Å². The second-order valence-electron chi connectivity index (χ2n) is 10.8. The third-order valence-corrected chi connectivity index (χ3v) is 8.56. The summed E-state index contributed by atoms with van der Waals surface area (Å²) in [5, 5.41) is 9.78. The number of carboxylic acid groups (broad SMARTS) is 1. The fourth-order valence-corrected chi connectivity index (χ4v) is 5.54. The van der Waals surface area contributed by atoms with Crippen molar-refractivity contribution in [2.24, 2.45) is 11.7 Å². The van der Waals surface area contributed by atoms with Crippen LogP contribution in [-0.2, 0) is 17.6 Å². The van der Waals surface area contributed by atoms with Crippen molar-refractivity contribution < 1.29 is 14.7 Å². The molecule has 1 amide bonds. The lowest BCUT2D eigenvalue weighted by molar-refractivity contribution is -0.136. The van der Waals surface area contributed by atoms with Gasteiger partial charge in [-0.25, -0.2) is 4.98 Å². The first-order chi connectivity index (χ1) is 21.2. The van der Waals surface area contributed by atoms with Crippen molar-refractivity contribution in [1.82, 2.24) is 9.55 Å². The molecule has 7 heteroatoms. The fourth-order valence-electron chi connectivity index (χ4n) is 4.53. The summed E-state index contributed by atoms with van der Waals surface area (Å²) in [5.74, 6) is -0.140. The molecule has 0 unspecified atom stereocenters. The van der Waals surface area contributed by atoms with Crippen LogP contribution in [0.15, 0.2) is 79.1 Å². The van der Waals surface area contributed by atoms with Gasteiger partial charge in [-0.3, -0.25) is 14.2 Å². The zero-order chi connectivity index (χ0) is 32.2. The van der Waals surface area contributed by atoms with Crippen LogP contribution in [0, 0.1) is 19.8 Å². The number of nitrogens with zero attached hydrogens (tertiary/aromatic N) is 2. The zero-order valence-electron chi connectivity index (χ0n) is 26.8. The summed E-state index contributed by atoms with van der Waals surface area (Å²) in [5.41, 5.74) is 14.0. The Hall–Kier alpha value is -4.23. The zero-order valence-corrected chi connectivity index (χ0v) is 27.6. The van der Waals surface area contributed by atoms with Gasteiger partial charge in [-0.05, 0) is 84.2 Å². The maximum Gasteiger partial charge on any atom is 0.303 e. The number of benzene rings is 3. The molecular formula is C37H45N3O3S. The van der Waals surface area contributed by atoms with E-state index in [-0.39, 0.29) is 6.42 Å². The molecule has 0 bridgehead atoms. The number of rotatable bonds is 7. The molecule has 0 aliphatic heterocycles. The van der Waals surface area contributed by atoms with Crippen LogP contribution in [0.1, 0.15) is 78.9 Å². The third kappa shape index (κ3) is 9.64. The van der Waals surface area contributed by atoms with Gasteiger partial charge >= 0.3 is 5.97 Å². The number of carbonyl (C=O) groups excluding carboxylic acids is 1. The highest BCUT2D eigenvalue weighted by molar-refractivity contribution is 7.16. The Morgan fingerprint density at radius 1 is 0.955 bits per heavy atom. The lowest BCUT2D eigenvalue weighted by Gasteiger charge is -2.06. The number of carboxylic acids is 1. The maximum absolute atomic E-state index is 11.6. The van der Waals surface area contributed by atoms with Crippen LogP contribution in [0.2, 0.25) is 0 Å². The Kier molecular flexibility index (Phi) is 12.9. The quantitative estimate of drug-likeness (QED) is 0.192. The number of imidazole rings is 1. The van der Waals surface area contributed by atoms with Crippen LogP contribution in [-0.4, -0.2) is 26.5 Å². The van der Waals surface area contributed by atoms with E-state index in [1.165, 1.54) is 35.3 Å². The standard InChI is InChI=1S/C22H19N3O3S.C9H12.C4H8.C2H6/c1-13-9-19(29-21(13)22(23)28)25-12-24-17-11-16(6-7-18(17)25)15-4-2-3-14(10-15)5-8-20(26)27;1-3-9-7-5-4-6-8(9)2;1-4-2-3-4;1-2/h2-4,6-7,9-12H,5,8H2,1H3,(H2,23,28)(H,26,27);4-7H,3H2,1-2H3;4H,2-3H2,1H3;1-2H3. The molecule has 6 rings (SSSR count). The Labute approximate surface area is 265 Å². The summed E-state index contributed by atoms with van der Waals surface area (Å²) in [6.45, 7) is 12.5. The molecule has 1 fully saturated rings. The number of aliphatic carboxylic acids is 1. The molecule has 0 atom stereocenters. The van der Waals surface area contributed by atoms with Gasteiger partial charge in [-0.15, -0.1) is 11.3 Å². The van der Waals surface area contributed by atoms with Crippen molar-refractivity contribution in [3.8, 4) is 16.1 Å². The number of primary amides is 1. The van der Waals surface area contributed by atoms with E-state index in [2.05, 4.69) is 50.0 Å². The van der Waals surface area contributed by atoms with Crippen molar-refractivity contribution in [3.05, 3.63) is 106 Å². The number of thiophene rings is 1. The Balaban J connectivity index is 0.000000289. The summed E-state index contributed by atoms with van der Waals surface area (Å²) in [6, 6.07) is 24.4. The predicted molar refractivity (Wildman–Crippen MR) is 184 cm³/mol. The minimum Gasteiger partial charge on any atom is -0.481 e. The van der Waals surface area contributed by atoms with Crippen LogP contribution < -0.4 is 5.73 Å². The van der Waals surface area contributed by atoms with Gasteiger partial charge in [0, 0.05) is 6.42 Å². The first-order valence-corrected chi connectivity index (χ1v) is 16.2.